The molecule has 0 aliphatic heterocycles. The van der Waals surface area contributed by atoms with Crippen molar-refractivity contribution in [3.8, 4) is 0 Å². The Morgan fingerprint density at radius 3 is 2.55 bits per heavy atom. The van der Waals surface area contributed by atoms with Gasteiger partial charge in [-0.25, -0.2) is 5.01 Å². The lowest BCUT2D eigenvalue weighted by Crippen LogP contribution is -2.19. The molecule has 0 aromatic heterocycles. The van der Waals surface area contributed by atoms with Crippen LogP contribution in [0.1, 0.15) is 5.56 Å². The molecule has 0 saturated carbocycles. The Kier molecular flexibility index (Phi) is 2.49. The highest BCUT2D eigenvalue weighted by Gasteiger charge is 1.91. The van der Waals surface area contributed by atoms with E-state index in [9.17, 15) is 0 Å². The predicted molar refractivity (Wildman–Crippen MR) is 48.5 cm³/mol. The van der Waals surface area contributed by atoms with E-state index in [1.165, 1.54) is 5.56 Å². The third-order valence-corrected chi connectivity index (χ3v) is 1.37. The van der Waals surface area contributed by atoms with Gasteiger partial charge in [0.05, 0.1) is 0 Å². The van der Waals surface area contributed by atoms with E-state index in [1.807, 2.05) is 31.2 Å². The van der Waals surface area contributed by atoms with Crippen molar-refractivity contribution < 1.29 is 0 Å². The van der Waals surface area contributed by atoms with Gasteiger partial charge in [-0.15, -0.1) is 0 Å². The van der Waals surface area contributed by atoms with Crippen LogP contribution in [0.25, 0.3) is 0 Å². The van der Waals surface area contributed by atoms with E-state index in [0.717, 1.165) is 5.69 Å². The summed E-state index contributed by atoms with van der Waals surface area (Å²) in [4.78, 5) is 0. The molecule has 0 aliphatic rings. The van der Waals surface area contributed by atoms with E-state index in [0.29, 0.717) is 0 Å². The fraction of sp³-hybridized carbons (Fsp3) is 0.333. The highest BCUT2D eigenvalue weighted by molar-refractivity contribution is 5.44. The molecule has 0 atom stereocenters. The number of hydrazine groups is 1. The van der Waals surface area contributed by atoms with Crippen LogP contribution in [0.5, 0.6) is 0 Å². The van der Waals surface area contributed by atoms with Crippen LogP contribution in [0.2, 0.25) is 0 Å². The van der Waals surface area contributed by atoms with Crippen LogP contribution in [0, 0.1) is 6.92 Å². The number of benzene rings is 1. The van der Waals surface area contributed by atoms with Crippen molar-refractivity contribution in [2.45, 2.75) is 6.92 Å². The van der Waals surface area contributed by atoms with Gasteiger partial charge in [-0.2, -0.15) is 0 Å². The Morgan fingerprint density at radius 1 is 1.27 bits per heavy atom. The van der Waals surface area contributed by atoms with E-state index in [-0.39, 0.29) is 0 Å². The summed E-state index contributed by atoms with van der Waals surface area (Å²) < 4.78 is 0. The molecular weight excluding hydrogens is 136 g/mol. The summed E-state index contributed by atoms with van der Waals surface area (Å²) in [5.41, 5.74) is 5.59. The van der Waals surface area contributed by atoms with Gasteiger partial charge in [0.15, 0.2) is 0 Å². The number of nitrogens with zero attached hydrogens (tertiary/aromatic N) is 1. The van der Waals surface area contributed by atoms with Gasteiger partial charge in [0.2, 0.25) is 0 Å². The van der Waals surface area contributed by atoms with Crippen molar-refractivity contribution in [1.82, 2.24) is 5.01 Å². The number of hydrogen-bond acceptors (Lipinski definition) is 2. The van der Waals surface area contributed by atoms with Crippen LogP contribution >= 0.6 is 0 Å². The van der Waals surface area contributed by atoms with Gasteiger partial charge in [0.1, 0.15) is 0 Å². The van der Waals surface area contributed by atoms with Crippen LogP contribution in [0.3, 0.4) is 0 Å². The lowest BCUT2D eigenvalue weighted by molar-refractivity contribution is 0.495. The van der Waals surface area contributed by atoms with Crippen LogP contribution < -0.4 is 5.43 Å². The summed E-state index contributed by atoms with van der Waals surface area (Å²) in [5, 5.41) is 1.93. The summed E-state index contributed by atoms with van der Waals surface area (Å²) in [6, 6.07) is 8.29. The van der Waals surface area contributed by atoms with E-state index >= 15 is 0 Å². The summed E-state index contributed by atoms with van der Waals surface area (Å²) in [6.45, 7) is 2.08. The van der Waals surface area contributed by atoms with Gasteiger partial charge in [0, 0.05) is 19.8 Å². The molecule has 0 saturated heterocycles. The molecule has 0 heterocycles. The minimum absolute atomic E-state index is 1.13. The molecule has 0 unspecified atom stereocenters. The van der Waals surface area contributed by atoms with Gasteiger partial charge in [-0.1, -0.05) is 12.1 Å². The van der Waals surface area contributed by atoms with E-state index in [2.05, 4.69) is 24.5 Å². The Morgan fingerprint density at radius 2 is 2.00 bits per heavy atom. The summed E-state index contributed by atoms with van der Waals surface area (Å²) in [7, 11) is 3.95. The topological polar surface area (TPSA) is 15.3 Å². The molecule has 1 rings (SSSR count). The fourth-order valence-corrected chi connectivity index (χ4v) is 0.973. The highest BCUT2D eigenvalue weighted by Crippen LogP contribution is 2.08. The quantitative estimate of drug-likeness (QED) is 0.647. The zero-order chi connectivity index (χ0) is 8.27. The standard InChI is InChI=1S/C9H14N2/c1-8-5-4-6-9(7-8)10-11(2)3/h4-7,10H,1-3H3. The predicted octanol–water partition coefficient (Wildman–Crippen LogP) is 1.88. The van der Waals surface area contributed by atoms with Gasteiger partial charge in [-0.3, -0.25) is 0 Å². The normalized spacial score (nSPS) is 10.2. The molecule has 1 aromatic carbocycles. The molecule has 60 valence electrons. The summed E-state index contributed by atoms with van der Waals surface area (Å²) >= 11 is 0. The van der Waals surface area contributed by atoms with E-state index in [4.69, 9.17) is 0 Å². The second kappa shape index (κ2) is 3.39. The molecule has 0 spiro atoms. The molecule has 0 bridgehead atoms. The molecule has 0 fully saturated rings. The third-order valence-electron chi connectivity index (χ3n) is 1.37. The largest absolute Gasteiger partial charge is 0.319 e. The maximum Gasteiger partial charge on any atom is 0.0492 e. The first-order valence-corrected chi connectivity index (χ1v) is 3.69. The number of hydrogen-bond donors (Lipinski definition) is 1. The highest BCUT2D eigenvalue weighted by atomic mass is 15.5. The Balaban J connectivity index is 2.71. The number of nitrogens with one attached hydrogen (secondary N) is 1. The van der Waals surface area contributed by atoms with E-state index in [1.54, 1.807) is 0 Å². The molecule has 0 amide bonds. The molecule has 1 aromatic rings. The van der Waals surface area contributed by atoms with Crippen LogP contribution in [0.15, 0.2) is 24.3 Å². The van der Waals surface area contributed by atoms with Crippen molar-refractivity contribution >= 4 is 5.69 Å². The van der Waals surface area contributed by atoms with E-state index < -0.39 is 0 Å². The van der Waals surface area contributed by atoms with Gasteiger partial charge >= 0.3 is 0 Å². The lowest BCUT2D eigenvalue weighted by Gasteiger charge is -2.13. The van der Waals surface area contributed by atoms with Gasteiger partial charge in [-0.05, 0) is 24.6 Å². The lowest BCUT2D eigenvalue weighted by atomic mass is 10.2. The fourth-order valence-electron chi connectivity index (χ4n) is 0.973. The maximum absolute atomic E-state index is 3.18. The van der Waals surface area contributed by atoms with Crippen LogP contribution in [0.4, 0.5) is 5.69 Å². The average molecular weight is 150 g/mol. The zero-order valence-electron chi connectivity index (χ0n) is 7.26. The summed E-state index contributed by atoms with van der Waals surface area (Å²) in [6.07, 6.45) is 0. The molecule has 2 nitrogen and oxygen atoms in total. The molecule has 11 heavy (non-hydrogen) atoms. The molecule has 1 N–H and O–H groups in total. The first kappa shape index (κ1) is 8.08. The van der Waals surface area contributed by atoms with Crippen LogP contribution in [-0.4, -0.2) is 19.1 Å². The first-order chi connectivity index (χ1) is 5.18. The monoisotopic (exact) mass is 150 g/mol. The minimum Gasteiger partial charge on any atom is -0.319 e. The maximum atomic E-state index is 3.18. The Bertz CT molecular complexity index is 231. The Labute approximate surface area is 67.8 Å². The molecule has 2 heteroatoms. The second-order valence-electron chi connectivity index (χ2n) is 2.88. The molecule has 0 aliphatic carbocycles. The Hall–Kier alpha value is -1.02. The van der Waals surface area contributed by atoms with Crippen molar-refractivity contribution in [2.24, 2.45) is 0 Å². The minimum atomic E-state index is 1.13. The van der Waals surface area contributed by atoms with Crippen molar-refractivity contribution in [3.05, 3.63) is 29.8 Å². The zero-order valence-corrected chi connectivity index (χ0v) is 7.26. The average Bonchev–Trinajstić information content (AvgIpc) is 1.85. The second-order valence-corrected chi connectivity index (χ2v) is 2.88. The van der Waals surface area contributed by atoms with Crippen molar-refractivity contribution in [3.63, 3.8) is 0 Å². The number of rotatable bonds is 2. The van der Waals surface area contributed by atoms with Crippen molar-refractivity contribution in [1.29, 1.82) is 0 Å². The van der Waals surface area contributed by atoms with Gasteiger partial charge < -0.3 is 5.43 Å². The van der Waals surface area contributed by atoms with Crippen molar-refractivity contribution in [2.75, 3.05) is 19.5 Å². The summed E-state index contributed by atoms with van der Waals surface area (Å²) in [5.74, 6) is 0. The number of anilines is 1. The SMILES string of the molecule is Cc1cccc(NN(C)C)c1. The molecule has 0 radical (unpaired) electrons. The number of aryl methyl sites for hydroxylation is 1. The smallest absolute Gasteiger partial charge is 0.0492 e. The molecular formula is C9H14N2. The van der Waals surface area contributed by atoms with Crippen LogP contribution in [-0.2, 0) is 0 Å². The first-order valence-electron chi connectivity index (χ1n) is 3.69. The third kappa shape index (κ3) is 2.60. The van der Waals surface area contributed by atoms with Gasteiger partial charge in [0.25, 0.3) is 0 Å².